The molecule has 0 bridgehead atoms. The van der Waals surface area contributed by atoms with E-state index in [2.05, 4.69) is 15.4 Å². The second kappa shape index (κ2) is 8.28. The Morgan fingerprint density at radius 2 is 2.04 bits per heavy atom. The van der Waals surface area contributed by atoms with Crippen LogP contribution in [0.25, 0.3) is 0 Å². The minimum absolute atomic E-state index is 0.142. The highest BCUT2D eigenvalue weighted by molar-refractivity contribution is 6.41. The second-order valence-corrected chi connectivity index (χ2v) is 6.24. The van der Waals surface area contributed by atoms with Crippen molar-refractivity contribution in [3.63, 3.8) is 0 Å². The normalized spacial score (nSPS) is 10.5. The summed E-state index contributed by atoms with van der Waals surface area (Å²) in [6.45, 7) is 0.378. The first-order valence-electron chi connectivity index (χ1n) is 7.87. The lowest BCUT2D eigenvalue weighted by Crippen LogP contribution is -2.16. The van der Waals surface area contributed by atoms with Crippen LogP contribution in [0.4, 0.5) is 5.82 Å². The minimum Gasteiger partial charge on any atom is -0.493 e. The molecule has 0 aliphatic heterocycles. The van der Waals surface area contributed by atoms with E-state index in [1.54, 1.807) is 31.2 Å². The van der Waals surface area contributed by atoms with E-state index in [9.17, 15) is 4.79 Å². The molecule has 3 aromatic rings. The van der Waals surface area contributed by atoms with Crippen LogP contribution in [0, 0.1) is 0 Å². The van der Waals surface area contributed by atoms with Gasteiger partial charge in [0.25, 0.3) is 5.91 Å². The van der Waals surface area contributed by atoms with Crippen molar-refractivity contribution in [1.29, 1.82) is 0 Å². The lowest BCUT2D eigenvalue weighted by atomic mass is 10.2. The highest BCUT2D eigenvalue weighted by atomic mass is 35.5. The summed E-state index contributed by atoms with van der Waals surface area (Å²) >= 11 is 11.7. The topological polar surface area (TPSA) is 78.3 Å². The number of methoxy groups -OCH3 is 2. The Bertz CT molecular complexity index is 975. The summed E-state index contributed by atoms with van der Waals surface area (Å²) < 4.78 is 12.4. The van der Waals surface area contributed by atoms with Gasteiger partial charge < -0.3 is 14.8 Å². The van der Waals surface area contributed by atoms with E-state index in [1.807, 2.05) is 18.2 Å². The van der Waals surface area contributed by atoms with Crippen LogP contribution in [0.15, 0.2) is 42.7 Å². The molecular weight excluding hydrogens is 391 g/mol. The van der Waals surface area contributed by atoms with E-state index in [0.29, 0.717) is 23.9 Å². The zero-order valence-corrected chi connectivity index (χ0v) is 16.1. The van der Waals surface area contributed by atoms with Crippen molar-refractivity contribution < 1.29 is 14.3 Å². The number of aromatic nitrogens is 3. The van der Waals surface area contributed by atoms with Gasteiger partial charge in [-0.25, -0.2) is 9.67 Å². The number of pyridine rings is 1. The summed E-state index contributed by atoms with van der Waals surface area (Å²) in [6, 6.07) is 8.72. The van der Waals surface area contributed by atoms with Crippen LogP contribution in [0.1, 0.15) is 15.9 Å². The monoisotopic (exact) mass is 406 g/mol. The van der Waals surface area contributed by atoms with Gasteiger partial charge >= 0.3 is 0 Å². The third-order valence-corrected chi connectivity index (χ3v) is 4.51. The number of carbonyl (C=O) groups is 1. The molecule has 0 aliphatic rings. The Morgan fingerprint density at radius 1 is 1.22 bits per heavy atom. The minimum atomic E-state index is -0.375. The number of hydrogen-bond acceptors (Lipinski definition) is 5. The van der Waals surface area contributed by atoms with Crippen molar-refractivity contribution in [2.24, 2.45) is 0 Å². The van der Waals surface area contributed by atoms with E-state index in [1.165, 1.54) is 12.3 Å². The van der Waals surface area contributed by atoms with Crippen molar-refractivity contribution in [2.45, 2.75) is 6.54 Å². The molecule has 27 heavy (non-hydrogen) atoms. The van der Waals surface area contributed by atoms with E-state index < -0.39 is 0 Å². The first-order valence-corrected chi connectivity index (χ1v) is 8.63. The van der Waals surface area contributed by atoms with Crippen LogP contribution >= 0.6 is 23.2 Å². The quantitative estimate of drug-likeness (QED) is 0.627. The SMILES string of the molecule is COc1cccc(Cn2nccc2NC(=O)c2cnc(Cl)c(Cl)c2)c1OC. The molecule has 1 amide bonds. The van der Waals surface area contributed by atoms with Crippen LogP contribution in [-0.2, 0) is 6.54 Å². The van der Waals surface area contributed by atoms with E-state index in [-0.39, 0.29) is 21.6 Å². The molecule has 3 rings (SSSR count). The molecule has 0 radical (unpaired) electrons. The summed E-state index contributed by atoms with van der Waals surface area (Å²) in [5.41, 5.74) is 1.14. The van der Waals surface area contributed by atoms with Gasteiger partial charge in [-0.15, -0.1) is 0 Å². The molecule has 7 nitrogen and oxygen atoms in total. The van der Waals surface area contributed by atoms with Crippen molar-refractivity contribution in [3.05, 3.63) is 64.0 Å². The zero-order chi connectivity index (χ0) is 19.4. The van der Waals surface area contributed by atoms with Crippen LogP contribution in [0.2, 0.25) is 10.2 Å². The average Bonchev–Trinajstić information content (AvgIpc) is 3.10. The molecule has 1 aromatic carbocycles. The Kier molecular flexibility index (Phi) is 5.83. The number of hydrogen-bond donors (Lipinski definition) is 1. The van der Waals surface area contributed by atoms with Gasteiger partial charge in [-0.1, -0.05) is 35.3 Å². The molecule has 140 valence electrons. The fourth-order valence-electron chi connectivity index (χ4n) is 2.54. The van der Waals surface area contributed by atoms with Gasteiger partial charge in [0.2, 0.25) is 0 Å². The first kappa shape index (κ1) is 19.0. The first-order chi connectivity index (χ1) is 13.0. The third-order valence-electron chi connectivity index (χ3n) is 3.82. The standard InChI is InChI=1S/C18H16Cl2N4O3/c1-26-14-5-3-4-11(16(14)27-2)10-24-15(6-7-22-24)23-18(25)12-8-13(19)17(20)21-9-12/h3-9H,10H2,1-2H3,(H,23,25). The fraction of sp³-hybridized carbons (Fsp3) is 0.167. The summed E-state index contributed by atoms with van der Waals surface area (Å²) in [5, 5.41) is 7.40. The summed E-state index contributed by atoms with van der Waals surface area (Å²) in [4.78, 5) is 16.3. The summed E-state index contributed by atoms with van der Waals surface area (Å²) in [6.07, 6.45) is 2.95. The average molecular weight is 407 g/mol. The maximum Gasteiger partial charge on any atom is 0.258 e. The molecule has 0 unspecified atom stereocenters. The Labute approximate surface area is 165 Å². The molecule has 0 spiro atoms. The highest BCUT2D eigenvalue weighted by Gasteiger charge is 2.15. The van der Waals surface area contributed by atoms with Crippen LogP contribution in [-0.4, -0.2) is 34.9 Å². The number of benzene rings is 1. The van der Waals surface area contributed by atoms with Gasteiger partial charge in [-0.2, -0.15) is 5.10 Å². The van der Waals surface area contributed by atoms with Gasteiger partial charge in [0.15, 0.2) is 11.5 Å². The Hall–Kier alpha value is -2.77. The van der Waals surface area contributed by atoms with Gasteiger partial charge in [0, 0.05) is 17.8 Å². The highest BCUT2D eigenvalue weighted by Crippen LogP contribution is 2.31. The number of nitrogens with one attached hydrogen (secondary N) is 1. The molecule has 0 aliphatic carbocycles. The predicted molar refractivity (Wildman–Crippen MR) is 103 cm³/mol. The number of para-hydroxylation sites is 1. The molecule has 9 heteroatoms. The molecular formula is C18H16Cl2N4O3. The predicted octanol–water partition coefficient (Wildman–Crippen LogP) is 3.90. The lowest BCUT2D eigenvalue weighted by Gasteiger charge is -2.14. The van der Waals surface area contributed by atoms with Crippen molar-refractivity contribution in [1.82, 2.24) is 14.8 Å². The second-order valence-electron chi connectivity index (χ2n) is 5.48. The van der Waals surface area contributed by atoms with Crippen LogP contribution in [0.5, 0.6) is 11.5 Å². The summed E-state index contributed by atoms with van der Waals surface area (Å²) in [7, 11) is 3.15. The number of anilines is 1. The number of nitrogens with zero attached hydrogens (tertiary/aromatic N) is 3. The van der Waals surface area contributed by atoms with E-state index >= 15 is 0 Å². The molecule has 0 saturated heterocycles. The Balaban J connectivity index is 1.82. The maximum absolute atomic E-state index is 12.5. The molecule has 2 heterocycles. The maximum atomic E-state index is 12.5. The fourth-order valence-corrected chi connectivity index (χ4v) is 2.81. The van der Waals surface area contributed by atoms with Crippen molar-refractivity contribution >= 4 is 34.9 Å². The van der Waals surface area contributed by atoms with Crippen LogP contribution < -0.4 is 14.8 Å². The number of ether oxygens (including phenoxy) is 2. The lowest BCUT2D eigenvalue weighted by molar-refractivity contribution is 0.102. The van der Waals surface area contributed by atoms with Crippen LogP contribution in [0.3, 0.4) is 0 Å². The molecule has 0 fully saturated rings. The van der Waals surface area contributed by atoms with Gasteiger partial charge in [0.1, 0.15) is 11.0 Å². The van der Waals surface area contributed by atoms with Crippen molar-refractivity contribution in [2.75, 3.05) is 19.5 Å². The smallest absolute Gasteiger partial charge is 0.258 e. The van der Waals surface area contributed by atoms with Gasteiger partial charge in [0.05, 0.1) is 37.5 Å². The molecule has 2 aromatic heterocycles. The zero-order valence-electron chi connectivity index (χ0n) is 14.6. The molecule has 0 saturated carbocycles. The number of carbonyl (C=O) groups excluding carboxylic acids is 1. The molecule has 0 atom stereocenters. The van der Waals surface area contributed by atoms with Gasteiger partial charge in [-0.05, 0) is 12.1 Å². The Morgan fingerprint density at radius 3 is 2.74 bits per heavy atom. The van der Waals surface area contributed by atoms with Crippen molar-refractivity contribution in [3.8, 4) is 11.5 Å². The van der Waals surface area contributed by atoms with Gasteiger partial charge in [-0.3, -0.25) is 4.79 Å². The number of rotatable bonds is 6. The van der Waals surface area contributed by atoms with E-state index in [4.69, 9.17) is 32.7 Å². The number of halogens is 2. The summed E-state index contributed by atoms with van der Waals surface area (Å²) in [5.74, 6) is 1.37. The largest absolute Gasteiger partial charge is 0.493 e. The van der Waals surface area contributed by atoms with E-state index in [0.717, 1.165) is 5.56 Å². The third kappa shape index (κ3) is 4.15. The molecule has 1 N–H and O–H groups in total. The number of amides is 1.